The third-order valence-electron chi connectivity index (χ3n) is 4.47. The minimum absolute atomic E-state index is 0.0813. The fourth-order valence-corrected chi connectivity index (χ4v) is 3.12. The summed E-state index contributed by atoms with van der Waals surface area (Å²) in [5.41, 5.74) is 3.24. The molecule has 0 saturated heterocycles. The number of carbonyl (C=O) groups is 1. The van der Waals surface area contributed by atoms with Crippen LogP contribution in [-0.2, 0) is 17.3 Å². The van der Waals surface area contributed by atoms with E-state index in [1.54, 1.807) is 6.07 Å². The van der Waals surface area contributed by atoms with Crippen molar-refractivity contribution in [2.24, 2.45) is 0 Å². The molecule has 0 spiro atoms. The van der Waals surface area contributed by atoms with Crippen LogP contribution in [0.4, 0.5) is 0 Å². The smallest absolute Gasteiger partial charge is 0.167 e. The number of terminal acetylenes is 1. The number of rotatable bonds is 4. The van der Waals surface area contributed by atoms with Gasteiger partial charge in [-0.1, -0.05) is 62.6 Å². The zero-order valence-corrected chi connectivity index (χ0v) is 16.4. The molecule has 0 radical (unpaired) electrons. The lowest BCUT2D eigenvalue weighted by atomic mass is 9.84. The highest BCUT2D eigenvalue weighted by Gasteiger charge is 2.20. The molecule has 0 N–H and O–H groups in total. The molecule has 0 aliphatic heterocycles. The molecule has 130 valence electrons. The van der Waals surface area contributed by atoms with Gasteiger partial charge in [-0.05, 0) is 54.2 Å². The highest BCUT2D eigenvalue weighted by molar-refractivity contribution is 6.31. The second kappa shape index (κ2) is 7.06. The maximum absolute atomic E-state index is 12.8. The van der Waals surface area contributed by atoms with Crippen molar-refractivity contribution < 1.29 is 4.79 Å². The van der Waals surface area contributed by atoms with E-state index < -0.39 is 0 Å². The average Bonchev–Trinajstić information content (AvgIpc) is 2.54. The molecule has 0 aromatic heterocycles. The van der Waals surface area contributed by atoms with Crippen molar-refractivity contribution in [3.63, 3.8) is 0 Å². The van der Waals surface area contributed by atoms with Crippen LogP contribution in [0, 0.1) is 12.3 Å². The van der Waals surface area contributed by atoms with E-state index >= 15 is 0 Å². The minimum Gasteiger partial charge on any atom is -0.294 e. The molecule has 0 heterocycles. The summed E-state index contributed by atoms with van der Waals surface area (Å²) in [5, 5.41) is 0.696. The molecule has 25 heavy (non-hydrogen) atoms. The largest absolute Gasteiger partial charge is 0.294 e. The normalized spacial score (nSPS) is 11.9. The molecular weight excluding hydrogens is 328 g/mol. The van der Waals surface area contributed by atoms with Crippen LogP contribution >= 0.6 is 11.6 Å². The van der Waals surface area contributed by atoms with Crippen molar-refractivity contribution >= 4 is 17.4 Å². The van der Waals surface area contributed by atoms with Crippen LogP contribution in [0.3, 0.4) is 0 Å². The van der Waals surface area contributed by atoms with E-state index in [0.717, 1.165) is 16.7 Å². The lowest BCUT2D eigenvalue weighted by Gasteiger charge is -2.21. The summed E-state index contributed by atoms with van der Waals surface area (Å²) in [6.07, 6.45) is 5.97. The van der Waals surface area contributed by atoms with Crippen LogP contribution in [0.2, 0.25) is 5.02 Å². The maximum Gasteiger partial charge on any atom is 0.167 e. The lowest BCUT2D eigenvalue weighted by molar-refractivity contribution is 0.0993. The van der Waals surface area contributed by atoms with Crippen molar-refractivity contribution in [2.75, 3.05) is 0 Å². The Morgan fingerprint density at radius 1 is 1.08 bits per heavy atom. The Hall–Kier alpha value is -2.04. The first kappa shape index (κ1) is 19.3. The Bertz CT molecular complexity index is 832. The Morgan fingerprint density at radius 3 is 2.36 bits per heavy atom. The molecule has 0 bridgehead atoms. The van der Waals surface area contributed by atoms with Gasteiger partial charge in [0, 0.05) is 17.0 Å². The quantitative estimate of drug-likeness (QED) is 0.489. The van der Waals surface area contributed by atoms with Crippen LogP contribution in [0.1, 0.15) is 61.7 Å². The Balaban J connectivity index is 2.30. The van der Waals surface area contributed by atoms with E-state index in [2.05, 4.69) is 26.7 Å². The third kappa shape index (κ3) is 4.53. The first-order valence-corrected chi connectivity index (χ1v) is 8.83. The van der Waals surface area contributed by atoms with Crippen molar-refractivity contribution in [3.05, 3.63) is 69.7 Å². The van der Waals surface area contributed by atoms with Crippen molar-refractivity contribution in [1.82, 2.24) is 0 Å². The molecule has 1 nitrogen and oxygen atoms in total. The number of benzene rings is 2. The van der Waals surface area contributed by atoms with Crippen molar-refractivity contribution in [3.8, 4) is 12.3 Å². The van der Waals surface area contributed by atoms with Crippen LogP contribution < -0.4 is 0 Å². The molecule has 2 aromatic rings. The Kier molecular flexibility index (Phi) is 5.45. The first-order valence-electron chi connectivity index (χ1n) is 8.45. The molecule has 2 rings (SSSR count). The van der Waals surface area contributed by atoms with E-state index in [1.165, 1.54) is 0 Å². The van der Waals surface area contributed by atoms with Crippen LogP contribution in [-0.4, -0.2) is 5.78 Å². The first-order chi connectivity index (χ1) is 11.5. The second-order valence-electron chi connectivity index (χ2n) is 8.01. The highest BCUT2D eigenvalue weighted by atomic mass is 35.5. The molecule has 0 fully saturated rings. The third-order valence-corrected chi connectivity index (χ3v) is 4.80. The van der Waals surface area contributed by atoms with Gasteiger partial charge in [0.15, 0.2) is 5.78 Å². The molecule has 0 unspecified atom stereocenters. The van der Waals surface area contributed by atoms with Crippen molar-refractivity contribution in [1.29, 1.82) is 0 Å². The van der Waals surface area contributed by atoms with Crippen LogP contribution in [0.25, 0.3) is 0 Å². The molecule has 0 saturated carbocycles. The van der Waals surface area contributed by atoms with E-state index in [-0.39, 0.29) is 16.6 Å². The Labute approximate surface area is 156 Å². The summed E-state index contributed by atoms with van der Waals surface area (Å²) in [6.45, 7) is 10.3. The SMILES string of the molecule is C#CC(C)(C)c1cccc(CC(=O)c2ccc(Cl)c(C(C)(C)C)c2)c1. The van der Waals surface area contributed by atoms with Gasteiger partial charge in [-0.3, -0.25) is 4.79 Å². The summed E-state index contributed by atoms with van der Waals surface area (Å²) in [6, 6.07) is 13.5. The number of hydrogen-bond acceptors (Lipinski definition) is 1. The number of hydrogen-bond donors (Lipinski definition) is 0. The zero-order valence-electron chi connectivity index (χ0n) is 15.6. The fourth-order valence-electron chi connectivity index (χ4n) is 2.71. The second-order valence-corrected chi connectivity index (χ2v) is 8.42. The number of halogens is 1. The van der Waals surface area contributed by atoms with Gasteiger partial charge in [0.25, 0.3) is 0 Å². The molecule has 0 amide bonds. The van der Waals surface area contributed by atoms with Crippen LogP contribution in [0.15, 0.2) is 42.5 Å². The predicted octanol–water partition coefficient (Wildman–Crippen LogP) is 5.97. The van der Waals surface area contributed by atoms with Crippen LogP contribution in [0.5, 0.6) is 0 Å². The monoisotopic (exact) mass is 352 g/mol. The van der Waals surface area contributed by atoms with E-state index in [9.17, 15) is 4.79 Å². The predicted molar refractivity (Wildman–Crippen MR) is 106 cm³/mol. The molecule has 2 heteroatoms. The summed E-state index contributed by atoms with van der Waals surface area (Å²) >= 11 is 6.30. The van der Waals surface area contributed by atoms with Gasteiger partial charge in [0.2, 0.25) is 0 Å². The number of ketones is 1. The standard InChI is InChI=1S/C23H25ClO/c1-7-23(5,6)18-10-8-9-16(13-18)14-21(25)17-11-12-20(24)19(15-17)22(2,3)4/h1,8-13,15H,14H2,2-6H3. The highest BCUT2D eigenvalue weighted by Crippen LogP contribution is 2.30. The average molecular weight is 353 g/mol. The van der Waals surface area contributed by atoms with Gasteiger partial charge in [-0.15, -0.1) is 6.42 Å². The summed E-state index contributed by atoms with van der Waals surface area (Å²) in [4.78, 5) is 12.8. The van der Waals surface area contributed by atoms with Crippen molar-refractivity contribution in [2.45, 2.75) is 51.9 Å². The van der Waals surface area contributed by atoms with Gasteiger partial charge in [-0.2, -0.15) is 0 Å². The molecule has 2 aromatic carbocycles. The Morgan fingerprint density at radius 2 is 1.76 bits per heavy atom. The molecule has 0 aliphatic rings. The number of carbonyl (C=O) groups excluding carboxylic acids is 1. The molecule has 0 atom stereocenters. The molecular formula is C23H25ClO. The summed E-state index contributed by atoms with van der Waals surface area (Å²) in [5.74, 6) is 2.88. The van der Waals surface area contributed by atoms with Gasteiger partial charge in [-0.25, -0.2) is 0 Å². The zero-order chi connectivity index (χ0) is 18.8. The molecule has 0 aliphatic carbocycles. The van der Waals surface area contributed by atoms with E-state index in [0.29, 0.717) is 17.0 Å². The van der Waals surface area contributed by atoms with Gasteiger partial charge in [0.05, 0.1) is 5.41 Å². The lowest BCUT2D eigenvalue weighted by Crippen LogP contribution is -2.15. The fraction of sp³-hybridized carbons (Fsp3) is 0.348. The van der Waals surface area contributed by atoms with Gasteiger partial charge >= 0.3 is 0 Å². The maximum atomic E-state index is 12.8. The van der Waals surface area contributed by atoms with E-state index in [4.69, 9.17) is 18.0 Å². The minimum atomic E-state index is -0.348. The number of Topliss-reactive ketones (excluding diaryl/α,β-unsaturated/α-hetero) is 1. The van der Waals surface area contributed by atoms with Gasteiger partial charge in [0.1, 0.15) is 0 Å². The summed E-state index contributed by atoms with van der Waals surface area (Å²) < 4.78 is 0. The topological polar surface area (TPSA) is 17.1 Å². The van der Waals surface area contributed by atoms with E-state index in [1.807, 2.05) is 50.2 Å². The van der Waals surface area contributed by atoms with Gasteiger partial charge < -0.3 is 0 Å². The summed E-state index contributed by atoms with van der Waals surface area (Å²) in [7, 11) is 0.